The van der Waals surface area contributed by atoms with Gasteiger partial charge in [0.15, 0.2) is 0 Å². The molecule has 1 aromatic rings. The van der Waals surface area contributed by atoms with E-state index in [2.05, 4.69) is 10.6 Å². The quantitative estimate of drug-likeness (QED) is 0.634. The van der Waals surface area contributed by atoms with E-state index in [9.17, 15) is 9.59 Å². The second kappa shape index (κ2) is 8.97. The van der Waals surface area contributed by atoms with Gasteiger partial charge in [-0.1, -0.05) is 44.2 Å². The van der Waals surface area contributed by atoms with Gasteiger partial charge in [-0.05, 0) is 11.5 Å². The van der Waals surface area contributed by atoms with Crippen LogP contribution in [0.5, 0.6) is 0 Å². The molecule has 3 N–H and O–H groups in total. The Morgan fingerprint density at radius 1 is 1.19 bits per heavy atom. The molecular formula is C15H22N2O4. The Bertz CT molecular complexity index is 448. The first-order valence-electron chi connectivity index (χ1n) is 6.91. The lowest BCUT2D eigenvalue weighted by molar-refractivity contribution is -0.140. The van der Waals surface area contributed by atoms with Gasteiger partial charge in [-0.15, -0.1) is 0 Å². The molecule has 0 spiro atoms. The average molecular weight is 294 g/mol. The minimum Gasteiger partial charge on any atom is -0.480 e. The number of carboxylic acids is 1. The van der Waals surface area contributed by atoms with E-state index in [0.29, 0.717) is 13.1 Å². The number of hydrogen-bond donors (Lipinski definition) is 3. The molecule has 0 unspecified atom stereocenters. The van der Waals surface area contributed by atoms with E-state index in [1.807, 2.05) is 44.2 Å². The first-order valence-corrected chi connectivity index (χ1v) is 6.91. The van der Waals surface area contributed by atoms with E-state index in [0.717, 1.165) is 5.56 Å². The zero-order chi connectivity index (χ0) is 15.7. The normalized spacial score (nSPS) is 12.0. The summed E-state index contributed by atoms with van der Waals surface area (Å²) in [5.74, 6) is -0.913. The number of amides is 1. The predicted octanol–water partition coefficient (Wildman–Crippen LogP) is 1.61. The van der Waals surface area contributed by atoms with Crippen LogP contribution in [0.25, 0.3) is 0 Å². The van der Waals surface area contributed by atoms with E-state index >= 15 is 0 Å². The molecule has 0 aliphatic heterocycles. The number of carbonyl (C=O) groups excluding carboxylic acids is 1. The Morgan fingerprint density at radius 2 is 1.86 bits per heavy atom. The summed E-state index contributed by atoms with van der Waals surface area (Å²) in [6, 6.07) is 8.76. The van der Waals surface area contributed by atoms with Crippen molar-refractivity contribution in [2.75, 3.05) is 13.1 Å². The molecule has 0 fully saturated rings. The molecule has 1 aromatic carbocycles. The first-order chi connectivity index (χ1) is 10.0. The van der Waals surface area contributed by atoms with Crippen LogP contribution in [0.4, 0.5) is 4.79 Å². The maximum Gasteiger partial charge on any atom is 0.407 e. The zero-order valence-corrected chi connectivity index (χ0v) is 12.3. The van der Waals surface area contributed by atoms with Crippen LogP contribution < -0.4 is 10.6 Å². The van der Waals surface area contributed by atoms with Crippen LogP contribution in [0.2, 0.25) is 0 Å². The molecule has 116 valence electrons. The monoisotopic (exact) mass is 294 g/mol. The first kappa shape index (κ1) is 17.0. The molecule has 0 saturated heterocycles. The molecule has 0 radical (unpaired) electrons. The molecule has 0 aliphatic rings. The van der Waals surface area contributed by atoms with Crippen molar-refractivity contribution >= 4 is 12.1 Å². The largest absolute Gasteiger partial charge is 0.480 e. The van der Waals surface area contributed by atoms with Gasteiger partial charge in [-0.3, -0.25) is 4.79 Å². The molecular weight excluding hydrogens is 272 g/mol. The summed E-state index contributed by atoms with van der Waals surface area (Å²) < 4.78 is 5.04. The fourth-order valence-corrected chi connectivity index (χ4v) is 1.77. The molecule has 6 heteroatoms. The predicted molar refractivity (Wildman–Crippen MR) is 78.9 cm³/mol. The van der Waals surface area contributed by atoms with Gasteiger partial charge in [0.1, 0.15) is 12.6 Å². The molecule has 6 nitrogen and oxygen atoms in total. The number of hydrogen-bond acceptors (Lipinski definition) is 4. The van der Waals surface area contributed by atoms with Crippen molar-refractivity contribution in [2.24, 2.45) is 5.92 Å². The van der Waals surface area contributed by atoms with E-state index < -0.39 is 18.1 Å². The number of rotatable bonds is 8. The van der Waals surface area contributed by atoms with Gasteiger partial charge >= 0.3 is 12.1 Å². The zero-order valence-electron chi connectivity index (χ0n) is 12.3. The highest BCUT2D eigenvalue weighted by Gasteiger charge is 2.20. The summed E-state index contributed by atoms with van der Waals surface area (Å²) in [7, 11) is 0. The van der Waals surface area contributed by atoms with Crippen molar-refractivity contribution in [3.63, 3.8) is 0 Å². The van der Waals surface area contributed by atoms with Gasteiger partial charge in [-0.25, -0.2) is 4.79 Å². The van der Waals surface area contributed by atoms with Gasteiger partial charge in [0.2, 0.25) is 0 Å². The number of ether oxygens (including phenoxy) is 1. The Morgan fingerprint density at radius 3 is 2.43 bits per heavy atom. The molecule has 1 amide bonds. The lowest BCUT2D eigenvalue weighted by Crippen LogP contribution is -2.44. The van der Waals surface area contributed by atoms with Crippen molar-refractivity contribution in [3.05, 3.63) is 35.9 Å². The van der Waals surface area contributed by atoms with Crippen molar-refractivity contribution in [3.8, 4) is 0 Å². The second-order valence-corrected chi connectivity index (χ2v) is 5.00. The number of carboxylic acid groups (broad SMARTS) is 1. The number of alkyl carbamates (subject to hydrolysis) is 1. The minimum atomic E-state index is -0.892. The molecule has 1 atom stereocenters. The van der Waals surface area contributed by atoms with Crippen LogP contribution in [0.1, 0.15) is 19.4 Å². The molecule has 0 heterocycles. The van der Waals surface area contributed by atoms with Crippen molar-refractivity contribution < 1.29 is 19.4 Å². The number of carbonyl (C=O) groups is 2. The van der Waals surface area contributed by atoms with E-state index in [1.54, 1.807) is 0 Å². The third kappa shape index (κ3) is 6.76. The Labute approximate surface area is 124 Å². The summed E-state index contributed by atoms with van der Waals surface area (Å²) in [5, 5.41) is 14.4. The minimum absolute atomic E-state index is 0.0208. The summed E-state index contributed by atoms with van der Waals surface area (Å²) in [6.45, 7) is 4.55. The smallest absolute Gasteiger partial charge is 0.407 e. The van der Waals surface area contributed by atoms with Gasteiger partial charge in [0, 0.05) is 13.1 Å². The van der Waals surface area contributed by atoms with Crippen LogP contribution in [0.15, 0.2) is 30.3 Å². The van der Waals surface area contributed by atoms with Crippen molar-refractivity contribution in [1.82, 2.24) is 10.6 Å². The lowest BCUT2D eigenvalue weighted by atomic mass is 10.1. The van der Waals surface area contributed by atoms with Crippen LogP contribution in [0.3, 0.4) is 0 Å². The topological polar surface area (TPSA) is 87.7 Å². The lowest BCUT2D eigenvalue weighted by Gasteiger charge is -2.17. The van der Waals surface area contributed by atoms with E-state index in [4.69, 9.17) is 9.84 Å². The summed E-state index contributed by atoms with van der Waals surface area (Å²) in [4.78, 5) is 22.4. The summed E-state index contributed by atoms with van der Waals surface area (Å²) >= 11 is 0. The van der Waals surface area contributed by atoms with Gasteiger partial charge in [0.05, 0.1) is 0 Å². The SMILES string of the molecule is CC(C)[C@H](NCCNC(=O)OCc1ccccc1)C(=O)O. The number of aliphatic carboxylic acids is 1. The molecule has 0 aromatic heterocycles. The van der Waals surface area contributed by atoms with Crippen molar-refractivity contribution in [1.29, 1.82) is 0 Å². The summed E-state index contributed by atoms with van der Waals surface area (Å²) in [5.41, 5.74) is 0.913. The van der Waals surface area contributed by atoms with Crippen LogP contribution in [0, 0.1) is 5.92 Å². The van der Waals surface area contributed by atoms with Crippen molar-refractivity contribution in [2.45, 2.75) is 26.5 Å². The molecule has 0 saturated carbocycles. The third-order valence-electron chi connectivity index (χ3n) is 2.90. The number of nitrogens with one attached hydrogen (secondary N) is 2. The Hall–Kier alpha value is -2.08. The van der Waals surface area contributed by atoms with Gasteiger partial charge in [-0.2, -0.15) is 0 Å². The Kier molecular flexibility index (Phi) is 7.25. The maximum absolute atomic E-state index is 11.5. The van der Waals surface area contributed by atoms with Crippen LogP contribution in [-0.4, -0.2) is 36.3 Å². The standard InChI is InChI=1S/C15H22N2O4/c1-11(2)13(14(18)19)16-8-9-17-15(20)21-10-12-6-4-3-5-7-12/h3-7,11,13,16H,8-10H2,1-2H3,(H,17,20)(H,18,19)/t13-/m0/s1. The number of benzene rings is 1. The third-order valence-corrected chi connectivity index (χ3v) is 2.90. The van der Waals surface area contributed by atoms with Crippen LogP contribution >= 0.6 is 0 Å². The summed E-state index contributed by atoms with van der Waals surface area (Å²) in [6.07, 6.45) is -0.517. The highest BCUT2D eigenvalue weighted by Crippen LogP contribution is 2.01. The fourth-order valence-electron chi connectivity index (χ4n) is 1.77. The second-order valence-electron chi connectivity index (χ2n) is 5.00. The fraction of sp³-hybridized carbons (Fsp3) is 0.467. The molecule has 1 rings (SSSR count). The Balaban J connectivity index is 2.17. The molecule has 0 bridgehead atoms. The van der Waals surface area contributed by atoms with E-state index in [-0.39, 0.29) is 12.5 Å². The highest BCUT2D eigenvalue weighted by molar-refractivity contribution is 5.73. The molecule has 21 heavy (non-hydrogen) atoms. The van der Waals surface area contributed by atoms with Crippen LogP contribution in [-0.2, 0) is 16.1 Å². The van der Waals surface area contributed by atoms with E-state index in [1.165, 1.54) is 0 Å². The van der Waals surface area contributed by atoms with Gasteiger partial charge in [0.25, 0.3) is 0 Å². The van der Waals surface area contributed by atoms with Gasteiger partial charge < -0.3 is 20.5 Å². The highest BCUT2D eigenvalue weighted by atomic mass is 16.5. The average Bonchev–Trinajstić information content (AvgIpc) is 2.45. The maximum atomic E-state index is 11.5. The molecule has 0 aliphatic carbocycles.